The summed E-state index contributed by atoms with van der Waals surface area (Å²) in [5.74, 6) is -1.41. The average molecular weight is 307 g/mol. The highest BCUT2D eigenvalue weighted by atomic mass is 79.9. The van der Waals surface area contributed by atoms with Crippen molar-refractivity contribution in [3.8, 4) is 0 Å². The van der Waals surface area contributed by atoms with Crippen LogP contribution in [0.1, 0.15) is 18.6 Å². The van der Waals surface area contributed by atoms with Crippen molar-refractivity contribution in [3.63, 3.8) is 0 Å². The van der Waals surface area contributed by atoms with Crippen molar-refractivity contribution in [2.45, 2.75) is 19.1 Å². The summed E-state index contributed by atoms with van der Waals surface area (Å²) >= 11 is 2.95. The molecule has 94 valence electrons. The number of aliphatic hydroxyl groups is 2. The van der Waals surface area contributed by atoms with Gasteiger partial charge >= 0.3 is 5.97 Å². The molecule has 0 aliphatic heterocycles. The van der Waals surface area contributed by atoms with E-state index in [-0.39, 0.29) is 16.6 Å². The van der Waals surface area contributed by atoms with Crippen LogP contribution in [0.2, 0.25) is 0 Å². The van der Waals surface area contributed by atoms with E-state index in [1.165, 1.54) is 12.1 Å². The number of carbonyl (C=O) groups excluding carboxylic acids is 1. The van der Waals surface area contributed by atoms with E-state index in [4.69, 9.17) is 0 Å². The van der Waals surface area contributed by atoms with Gasteiger partial charge in [0, 0.05) is 0 Å². The zero-order valence-corrected chi connectivity index (χ0v) is 10.6. The summed E-state index contributed by atoms with van der Waals surface area (Å²) in [6.07, 6.45) is -3.14. The summed E-state index contributed by atoms with van der Waals surface area (Å²) in [5, 5.41) is 19.2. The number of benzene rings is 1. The summed E-state index contributed by atoms with van der Waals surface area (Å²) in [7, 11) is 0. The first-order valence-electron chi connectivity index (χ1n) is 4.95. The Kier molecular flexibility index (Phi) is 5.04. The second-order valence-electron chi connectivity index (χ2n) is 3.32. The zero-order valence-electron chi connectivity index (χ0n) is 9.06. The minimum absolute atomic E-state index is 0.107. The molecule has 0 saturated carbocycles. The van der Waals surface area contributed by atoms with Crippen LogP contribution in [-0.2, 0) is 9.53 Å². The highest BCUT2D eigenvalue weighted by molar-refractivity contribution is 9.10. The molecule has 2 N–H and O–H groups in total. The van der Waals surface area contributed by atoms with E-state index < -0.39 is 24.0 Å². The number of carbonyl (C=O) groups is 1. The largest absolute Gasteiger partial charge is 0.464 e. The Hall–Kier alpha value is -0.980. The van der Waals surface area contributed by atoms with Crippen LogP contribution in [0, 0.1) is 5.82 Å². The van der Waals surface area contributed by atoms with E-state index in [1.807, 2.05) is 0 Å². The molecule has 1 rings (SSSR count). The summed E-state index contributed by atoms with van der Waals surface area (Å²) in [5.41, 5.74) is 0.221. The lowest BCUT2D eigenvalue weighted by Gasteiger charge is -2.16. The van der Waals surface area contributed by atoms with Crippen molar-refractivity contribution in [2.24, 2.45) is 0 Å². The minimum atomic E-state index is -1.69. The van der Waals surface area contributed by atoms with Crippen molar-refractivity contribution in [2.75, 3.05) is 6.61 Å². The maximum absolute atomic E-state index is 13.0. The third-order valence-electron chi connectivity index (χ3n) is 2.11. The fourth-order valence-electron chi connectivity index (χ4n) is 1.24. The van der Waals surface area contributed by atoms with Gasteiger partial charge in [0.25, 0.3) is 0 Å². The second kappa shape index (κ2) is 6.09. The molecular weight excluding hydrogens is 295 g/mol. The van der Waals surface area contributed by atoms with Gasteiger partial charge in [0.1, 0.15) is 11.9 Å². The van der Waals surface area contributed by atoms with E-state index >= 15 is 0 Å². The topological polar surface area (TPSA) is 66.8 Å². The maximum atomic E-state index is 13.0. The number of halogens is 2. The maximum Gasteiger partial charge on any atom is 0.338 e. The fourth-order valence-corrected chi connectivity index (χ4v) is 1.63. The smallest absolute Gasteiger partial charge is 0.338 e. The van der Waals surface area contributed by atoms with E-state index in [9.17, 15) is 19.4 Å². The first-order chi connectivity index (χ1) is 7.97. The normalized spacial score (nSPS) is 14.2. The van der Waals surface area contributed by atoms with Crippen LogP contribution in [0.15, 0.2) is 22.7 Å². The van der Waals surface area contributed by atoms with Crippen LogP contribution in [0.3, 0.4) is 0 Å². The van der Waals surface area contributed by atoms with Gasteiger partial charge in [0.2, 0.25) is 0 Å². The quantitative estimate of drug-likeness (QED) is 0.828. The van der Waals surface area contributed by atoms with Gasteiger partial charge in [-0.25, -0.2) is 9.18 Å². The van der Waals surface area contributed by atoms with E-state index in [2.05, 4.69) is 20.7 Å². The molecule has 0 heterocycles. The standard InChI is InChI=1S/C11H12BrFO4/c1-2-17-11(16)10(15)9(14)6-3-4-8(13)7(12)5-6/h3-5,9-10,14-15H,2H2,1H3. The van der Waals surface area contributed by atoms with Crippen molar-refractivity contribution in [3.05, 3.63) is 34.1 Å². The minimum Gasteiger partial charge on any atom is -0.464 e. The summed E-state index contributed by atoms with van der Waals surface area (Å²) in [6, 6.07) is 3.70. The fraction of sp³-hybridized carbons (Fsp3) is 0.364. The number of esters is 1. The van der Waals surface area contributed by atoms with Gasteiger partial charge in [-0.3, -0.25) is 0 Å². The van der Waals surface area contributed by atoms with Crippen molar-refractivity contribution in [1.82, 2.24) is 0 Å². The van der Waals surface area contributed by atoms with Gasteiger partial charge in [-0.15, -0.1) is 0 Å². The number of aliphatic hydroxyl groups excluding tert-OH is 2. The predicted molar refractivity (Wildman–Crippen MR) is 61.7 cm³/mol. The second-order valence-corrected chi connectivity index (χ2v) is 4.17. The Morgan fingerprint density at radius 2 is 2.18 bits per heavy atom. The lowest BCUT2D eigenvalue weighted by molar-refractivity contribution is -0.159. The molecule has 1 aromatic rings. The Balaban J connectivity index is 2.84. The highest BCUT2D eigenvalue weighted by Gasteiger charge is 2.27. The number of rotatable bonds is 4. The van der Waals surface area contributed by atoms with Gasteiger partial charge in [0.15, 0.2) is 6.10 Å². The molecule has 0 spiro atoms. The first-order valence-corrected chi connectivity index (χ1v) is 5.74. The van der Waals surface area contributed by atoms with Crippen LogP contribution in [0.4, 0.5) is 4.39 Å². The molecular formula is C11H12BrFO4. The van der Waals surface area contributed by atoms with Crippen LogP contribution in [-0.4, -0.2) is 28.9 Å². The van der Waals surface area contributed by atoms with Crippen LogP contribution in [0.5, 0.6) is 0 Å². The molecule has 6 heteroatoms. The van der Waals surface area contributed by atoms with Gasteiger partial charge in [-0.05, 0) is 40.5 Å². The molecule has 17 heavy (non-hydrogen) atoms. The molecule has 2 unspecified atom stereocenters. The molecule has 1 aromatic carbocycles. The predicted octanol–water partition coefficient (Wildman–Crippen LogP) is 1.55. The van der Waals surface area contributed by atoms with E-state index in [1.54, 1.807) is 6.92 Å². The molecule has 0 fully saturated rings. The van der Waals surface area contributed by atoms with E-state index in [0.717, 1.165) is 6.07 Å². The molecule has 4 nitrogen and oxygen atoms in total. The molecule has 0 aliphatic carbocycles. The molecule has 0 bridgehead atoms. The molecule has 0 saturated heterocycles. The number of hydrogen-bond acceptors (Lipinski definition) is 4. The Labute approximate surface area is 106 Å². The van der Waals surface area contributed by atoms with Crippen molar-refractivity contribution >= 4 is 21.9 Å². The Bertz CT molecular complexity index is 410. The first kappa shape index (κ1) is 14.1. The third kappa shape index (κ3) is 3.49. The number of ether oxygens (including phenoxy) is 1. The lowest BCUT2D eigenvalue weighted by atomic mass is 10.0. The Morgan fingerprint density at radius 3 is 2.71 bits per heavy atom. The third-order valence-corrected chi connectivity index (χ3v) is 2.72. The number of hydrogen-bond donors (Lipinski definition) is 2. The van der Waals surface area contributed by atoms with Crippen LogP contribution in [0.25, 0.3) is 0 Å². The molecule has 0 aliphatic rings. The SMILES string of the molecule is CCOC(=O)C(O)C(O)c1ccc(F)c(Br)c1. The summed E-state index contributed by atoms with van der Waals surface area (Å²) in [4.78, 5) is 11.2. The van der Waals surface area contributed by atoms with Gasteiger partial charge < -0.3 is 14.9 Å². The van der Waals surface area contributed by atoms with Crippen LogP contribution < -0.4 is 0 Å². The molecule has 0 amide bonds. The molecule has 2 atom stereocenters. The summed E-state index contributed by atoms with van der Waals surface area (Å²) in [6.45, 7) is 1.70. The van der Waals surface area contributed by atoms with Gasteiger partial charge in [0.05, 0.1) is 11.1 Å². The van der Waals surface area contributed by atoms with Crippen molar-refractivity contribution in [1.29, 1.82) is 0 Å². The van der Waals surface area contributed by atoms with Gasteiger partial charge in [-0.1, -0.05) is 6.07 Å². The Morgan fingerprint density at radius 1 is 1.53 bits per heavy atom. The highest BCUT2D eigenvalue weighted by Crippen LogP contribution is 2.23. The van der Waals surface area contributed by atoms with E-state index in [0.29, 0.717) is 0 Å². The average Bonchev–Trinajstić information content (AvgIpc) is 2.31. The van der Waals surface area contributed by atoms with Crippen LogP contribution >= 0.6 is 15.9 Å². The molecule has 0 aromatic heterocycles. The lowest BCUT2D eigenvalue weighted by Crippen LogP contribution is -2.29. The van der Waals surface area contributed by atoms with Gasteiger partial charge in [-0.2, -0.15) is 0 Å². The monoisotopic (exact) mass is 306 g/mol. The zero-order chi connectivity index (χ0) is 13.0. The summed E-state index contributed by atoms with van der Waals surface area (Å²) < 4.78 is 17.7. The molecule has 0 radical (unpaired) electrons. The van der Waals surface area contributed by atoms with Crippen molar-refractivity contribution < 1.29 is 24.1 Å².